The Morgan fingerprint density at radius 3 is 2.62 bits per heavy atom. The minimum Gasteiger partial charge on any atom is -0.460 e. The number of fused-ring (bicyclic) bond motifs is 1. The predicted octanol–water partition coefficient (Wildman–Crippen LogP) is 6.81. The minimum atomic E-state index is -0.686. The molecule has 1 N–H and O–H groups in total. The molecule has 2 aliphatic rings. The molecule has 0 radical (unpaired) electrons. The van der Waals surface area contributed by atoms with Gasteiger partial charge in [-0.05, 0) is 93.3 Å². The fourth-order valence-corrected chi connectivity index (χ4v) is 7.44. The molecule has 40 heavy (non-hydrogen) atoms. The van der Waals surface area contributed by atoms with Crippen molar-refractivity contribution in [2.24, 2.45) is 11.8 Å². The van der Waals surface area contributed by atoms with Gasteiger partial charge in [-0.25, -0.2) is 4.79 Å². The van der Waals surface area contributed by atoms with Gasteiger partial charge in [-0.1, -0.05) is 45.1 Å². The molecule has 0 amide bonds. The van der Waals surface area contributed by atoms with Crippen molar-refractivity contribution in [3.8, 4) is 16.2 Å². The van der Waals surface area contributed by atoms with E-state index in [0.717, 1.165) is 33.5 Å². The molecular formula is C30H34O7S3. The second-order valence-electron chi connectivity index (χ2n) is 10.2. The van der Waals surface area contributed by atoms with Crippen molar-refractivity contribution in [1.29, 1.82) is 0 Å². The number of rotatable bonds is 7. The summed E-state index contributed by atoms with van der Waals surface area (Å²) in [5, 5.41) is 10.3. The first kappa shape index (κ1) is 30.3. The quantitative estimate of drug-likeness (QED) is 0.121. The number of ether oxygens (including phenoxy) is 3. The molecule has 214 valence electrons. The van der Waals surface area contributed by atoms with E-state index in [-0.39, 0.29) is 37.2 Å². The molecule has 0 bridgehead atoms. The molecule has 0 spiro atoms. The zero-order valence-electron chi connectivity index (χ0n) is 22.4. The maximum Gasteiger partial charge on any atom is 0.330 e. The first-order valence-electron chi connectivity index (χ1n) is 13.6. The molecule has 4 rings (SSSR count). The average molecular weight is 603 g/mol. The van der Waals surface area contributed by atoms with Gasteiger partial charge < -0.3 is 19.3 Å². The van der Waals surface area contributed by atoms with Gasteiger partial charge in [-0.2, -0.15) is 0 Å². The van der Waals surface area contributed by atoms with Crippen LogP contribution >= 0.6 is 32.9 Å². The number of carbonyl (C=O) groups excluding carboxylic acids is 3. The van der Waals surface area contributed by atoms with Crippen LogP contribution in [0.5, 0.6) is 5.75 Å². The van der Waals surface area contributed by atoms with E-state index in [0.29, 0.717) is 18.6 Å². The van der Waals surface area contributed by atoms with Crippen molar-refractivity contribution in [1.82, 2.24) is 0 Å². The van der Waals surface area contributed by atoms with Crippen LogP contribution in [0, 0.1) is 15.7 Å². The van der Waals surface area contributed by atoms with Gasteiger partial charge in [0.2, 0.25) is 0 Å². The molecule has 10 heteroatoms. The number of carbonyl (C=O) groups is 3. The lowest BCUT2D eigenvalue weighted by atomic mass is 9.89. The fraction of sp³-hybridized carbons (Fsp3) is 0.467. The van der Waals surface area contributed by atoms with Crippen molar-refractivity contribution in [3.05, 3.63) is 58.5 Å². The number of hydrogen-bond acceptors (Lipinski definition) is 10. The molecule has 2 aromatic rings. The Morgan fingerprint density at radius 2 is 1.88 bits per heavy atom. The number of hydrogen-bond donors (Lipinski definition) is 1. The number of allylic oxidation sites excluding steroid dienone is 2. The SMILES string of the molecule is C[C@H]1CCC/C=C/[C@@H]2C[C@H](O)C[C@H]2[C@H](OC(=O)CCCC(=O)Oc2ccc(-c3cc(=S)ss3)cc2)/C=C/C(=O)O1. The largest absolute Gasteiger partial charge is 0.460 e. The van der Waals surface area contributed by atoms with Crippen LogP contribution in [0.15, 0.2) is 54.6 Å². The third kappa shape index (κ3) is 9.19. The van der Waals surface area contributed by atoms with Gasteiger partial charge in [-0.3, -0.25) is 9.59 Å². The molecule has 5 atom stereocenters. The molecule has 1 aliphatic heterocycles. The second-order valence-corrected chi connectivity index (χ2v) is 13.1. The zero-order valence-corrected chi connectivity index (χ0v) is 24.8. The lowest BCUT2D eigenvalue weighted by molar-refractivity contribution is -0.150. The van der Waals surface area contributed by atoms with Crippen LogP contribution in [0.4, 0.5) is 0 Å². The van der Waals surface area contributed by atoms with E-state index in [1.54, 1.807) is 38.9 Å². The molecule has 7 nitrogen and oxygen atoms in total. The topological polar surface area (TPSA) is 99.1 Å². The Balaban J connectivity index is 1.30. The van der Waals surface area contributed by atoms with Crippen molar-refractivity contribution < 1.29 is 33.7 Å². The third-order valence-electron chi connectivity index (χ3n) is 7.03. The van der Waals surface area contributed by atoms with Crippen molar-refractivity contribution >= 4 is 50.8 Å². The lowest BCUT2D eigenvalue weighted by Gasteiger charge is -2.25. The monoisotopic (exact) mass is 602 g/mol. The number of aliphatic hydroxyl groups is 1. The molecule has 1 saturated carbocycles. The van der Waals surface area contributed by atoms with Crippen molar-refractivity contribution in [2.75, 3.05) is 0 Å². The summed E-state index contributed by atoms with van der Waals surface area (Å²) in [6, 6.07) is 9.18. The van der Waals surface area contributed by atoms with Gasteiger partial charge in [0.25, 0.3) is 0 Å². The predicted molar refractivity (Wildman–Crippen MR) is 158 cm³/mol. The van der Waals surface area contributed by atoms with Gasteiger partial charge in [0.05, 0.1) is 12.2 Å². The van der Waals surface area contributed by atoms with Crippen LogP contribution in [0.1, 0.15) is 58.3 Å². The minimum absolute atomic E-state index is 0.0264. The van der Waals surface area contributed by atoms with Gasteiger partial charge >= 0.3 is 17.9 Å². The molecule has 1 aromatic carbocycles. The van der Waals surface area contributed by atoms with Crippen LogP contribution in [0.2, 0.25) is 0 Å². The number of aliphatic hydroxyl groups excluding tert-OH is 1. The Bertz CT molecular complexity index is 1280. The Labute approximate surface area is 246 Å². The molecule has 1 fully saturated rings. The van der Waals surface area contributed by atoms with Crippen molar-refractivity contribution in [2.45, 2.75) is 76.6 Å². The van der Waals surface area contributed by atoms with Gasteiger partial charge in [0.15, 0.2) is 0 Å². The average Bonchev–Trinajstić information content (AvgIpc) is 3.51. The maximum absolute atomic E-state index is 12.7. The first-order chi connectivity index (χ1) is 19.3. The Morgan fingerprint density at radius 1 is 1.10 bits per heavy atom. The van der Waals surface area contributed by atoms with E-state index in [1.165, 1.54) is 6.08 Å². The summed E-state index contributed by atoms with van der Waals surface area (Å²) in [7, 11) is 3.15. The zero-order chi connectivity index (χ0) is 28.5. The number of benzene rings is 1. The summed E-state index contributed by atoms with van der Waals surface area (Å²) < 4.78 is 17.5. The summed E-state index contributed by atoms with van der Waals surface area (Å²) in [5.74, 6) is -1.07. The Kier molecular flexibility index (Phi) is 11.2. The third-order valence-corrected chi connectivity index (χ3v) is 9.94. The summed E-state index contributed by atoms with van der Waals surface area (Å²) in [6.07, 6.45) is 9.60. The second kappa shape index (κ2) is 14.8. The smallest absolute Gasteiger partial charge is 0.330 e. The number of cyclic esters (lactones) is 1. The highest BCUT2D eigenvalue weighted by molar-refractivity contribution is 7.80. The Hall–Kier alpha value is -2.66. The van der Waals surface area contributed by atoms with E-state index in [2.05, 4.69) is 12.2 Å². The summed E-state index contributed by atoms with van der Waals surface area (Å²) in [6.45, 7) is 1.86. The molecule has 1 aliphatic carbocycles. The molecule has 0 unspecified atom stereocenters. The number of esters is 3. The molecular weight excluding hydrogens is 569 g/mol. The summed E-state index contributed by atoms with van der Waals surface area (Å²) in [5.41, 5.74) is 1.01. The lowest BCUT2D eigenvalue weighted by Crippen LogP contribution is -2.28. The maximum atomic E-state index is 12.7. The fourth-order valence-electron chi connectivity index (χ4n) is 5.04. The summed E-state index contributed by atoms with van der Waals surface area (Å²) >= 11 is 5.18. The normalized spacial score (nSPS) is 26.8. The van der Waals surface area contributed by atoms with E-state index in [9.17, 15) is 19.5 Å². The van der Waals surface area contributed by atoms with E-state index in [1.807, 2.05) is 25.1 Å². The highest BCUT2D eigenvalue weighted by Gasteiger charge is 2.38. The van der Waals surface area contributed by atoms with Gasteiger partial charge in [0, 0.05) is 29.7 Å². The highest BCUT2D eigenvalue weighted by Crippen LogP contribution is 2.38. The van der Waals surface area contributed by atoms with Crippen LogP contribution in [-0.4, -0.2) is 41.3 Å². The van der Waals surface area contributed by atoms with Crippen molar-refractivity contribution in [3.63, 3.8) is 0 Å². The molecule has 1 aromatic heterocycles. The highest BCUT2D eigenvalue weighted by atomic mass is 32.9. The van der Waals surface area contributed by atoms with Crippen LogP contribution in [0.3, 0.4) is 0 Å². The van der Waals surface area contributed by atoms with Gasteiger partial charge in [0.1, 0.15) is 15.7 Å². The standard InChI is InChI=1S/C30H34O7S3/c1-19-6-3-2-4-7-21-16-22(31)17-24(21)25(14-15-29(34)35-19)37-28(33)9-5-8-27(32)36-23-12-10-20(11-13-23)26-18-30(38)40-39-26/h4,7,10-15,18-19,21-22,24-25,31H,2-3,5-6,8-9,16-17H2,1H3/b7-4+,15-14+/t19-,21+,22-,24+,25+/m0/s1. The first-order valence-corrected chi connectivity index (χ1v) is 16.2. The van der Waals surface area contributed by atoms with E-state index < -0.39 is 30.1 Å². The van der Waals surface area contributed by atoms with Crippen LogP contribution < -0.4 is 4.74 Å². The van der Waals surface area contributed by atoms with Crippen LogP contribution in [0.25, 0.3) is 10.4 Å². The molecule has 0 saturated heterocycles. The van der Waals surface area contributed by atoms with Gasteiger partial charge in [-0.15, -0.1) is 0 Å². The molecule has 2 heterocycles. The van der Waals surface area contributed by atoms with E-state index in [4.69, 9.17) is 26.4 Å². The summed E-state index contributed by atoms with van der Waals surface area (Å²) in [4.78, 5) is 38.5. The van der Waals surface area contributed by atoms with Crippen LogP contribution in [-0.2, 0) is 23.9 Å². The van der Waals surface area contributed by atoms with E-state index >= 15 is 0 Å².